The highest BCUT2D eigenvalue weighted by molar-refractivity contribution is 7.53. The van der Waals surface area contributed by atoms with Gasteiger partial charge in [0.25, 0.3) is 0 Å². The minimum Gasteiger partial charge on any atom is -0.480 e. The minimum absolute atomic E-state index is 0.0356. The molecule has 3 aromatic carbocycles. The van der Waals surface area contributed by atoms with Crippen molar-refractivity contribution in [1.29, 1.82) is 0 Å². The number of carboxylic acid groups (broad SMARTS) is 1. The normalized spacial score (nSPS) is 14.8. The monoisotopic (exact) mass is 495 g/mol. The summed E-state index contributed by atoms with van der Waals surface area (Å²) in [6.45, 7) is 1.44. The van der Waals surface area contributed by atoms with Gasteiger partial charge in [-0.15, -0.1) is 0 Å². The van der Waals surface area contributed by atoms with Crippen LogP contribution in [0.2, 0.25) is 0 Å². The Morgan fingerprint density at radius 1 is 0.971 bits per heavy atom. The highest BCUT2D eigenvalue weighted by Gasteiger charge is 2.30. The zero-order chi connectivity index (χ0) is 25.0. The van der Waals surface area contributed by atoms with Crippen LogP contribution in [-0.2, 0) is 25.0 Å². The third-order valence-electron chi connectivity index (χ3n) is 5.90. The van der Waals surface area contributed by atoms with E-state index in [4.69, 9.17) is 13.8 Å². The van der Waals surface area contributed by atoms with Gasteiger partial charge in [-0.05, 0) is 39.9 Å². The average Bonchev–Trinajstić information content (AvgIpc) is 3.17. The predicted octanol–water partition coefficient (Wildman–Crippen LogP) is 5.07. The van der Waals surface area contributed by atoms with Gasteiger partial charge >= 0.3 is 19.7 Å². The summed E-state index contributed by atoms with van der Waals surface area (Å²) in [5.74, 6) is -0.973. The van der Waals surface area contributed by atoms with E-state index in [0.717, 1.165) is 22.3 Å². The first-order valence-corrected chi connectivity index (χ1v) is 13.0. The molecule has 35 heavy (non-hydrogen) atoms. The Morgan fingerprint density at radius 3 is 2.09 bits per heavy atom. The van der Waals surface area contributed by atoms with Crippen LogP contribution in [-0.4, -0.2) is 43.6 Å². The Labute approximate surface area is 203 Å². The lowest BCUT2D eigenvalue weighted by Crippen LogP contribution is -2.42. The number of carbonyl (C=O) groups excluding carboxylic acids is 1. The molecule has 0 spiro atoms. The highest BCUT2D eigenvalue weighted by Crippen LogP contribution is 2.45. The molecule has 1 amide bonds. The van der Waals surface area contributed by atoms with Gasteiger partial charge in [0.15, 0.2) is 0 Å². The van der Waals surface area contributed by atoms with Crippen LogP contribution >= 0.6 is 7.60 Å². The van der Waals surface area contributed by atoms with E-state index in [2.05, 4.69) is 5.32 Å². The van der Waals surface area contributed by atoms with Crippen LogP contribution in [0.3, 0.4) is 0 Å². The minimum atomic E-state index is -3.20. The highest BCUT2D eigenvalue weighted by atomic mass is 31.2. The molecule has 4 rings (SSSR count). The first-order valence-electron chi connectivity index (χ1n) is 11.0. The van der Waals surface area contributed by atoms with Crippen LogP contribution in [0.4, 0.5) is 4.79 Å². The number of alkyl carbamates (subject to hydrolysis) is 1. The van der Waals surface area contributed by atoms with E-state index >= 15 is 0 Å². The molecule has 0 radical (unpaired) electrons. The van der Waals surface area contributed by atoms with E-state index in [-0.39, 0.29) is 18.9 Å². The van der Waals surface area contributed by atoms with Crippen molar-refractivity contribution in [2.24, 2.45) is 0 Å². The molecule has 2 atom stereocenters. The lowest BCUT2D eigenvalue weighted by Gasteiger charge is -2.18. The fourth-order valence-electron chi connectivity index (χ4n) is 4.13. The molecule has 0 aromatic heterocycles. The van der Waals surface area contributed by atoms with Gasteiger partial charge in [0.2, 0.25) is 0 Å². The predicted molar refractivity (Wildman–Crippen MR) is 131 cm³/mol. The van der Waals surface area contributed by atoms with Gasteiger partial charge in [-0.2, -0.15) is 0 Å². The maximum atomic E-state index is 12.5. The molecule has 1 unspecified atom stereocenters. The summed E-state index contributed by atoms with van der Waals surface area (Å²) in [6, 6.07) is 21.2. The number of carbonyl (C=O) groups is 2. The molecular formula is C26H26NO7P. The summed E-state index contributed by atoms with van der Waals surface area (Å²) in [6.07, 6.45) is -0.764. The second-order valence-electron chi connectivity index (χ2n) is 8.25. The van der Waals surface area contributed by atoms with Gasteiger partial charge in [-0.1, -0.05) is 60.7 Å². The molecular weight excluding hydrogens is 469 g/mol. The summed E-state index contributed by atoms with van der Waals surface area (Å²) in [7, 11) is -1.90. The smallest absolute Gasteiger partial charge is 0.407 e. The molecule has 2 N–H and O–H groups in total. The number of benzene rings is 3. The molecule has 0 aliphatic heterocycles. The fraction of sp³-hybridized carbons (Fsp3) is 0.231. The SMILES string of the molecule is COP(C)(=O)Oc1ccc(C[C@H](NC(=O)OCC2c3ccccc3-c3ccccc32)C(=O)O)cc1. The summed E-state index contributed by atoms with van der Waals surface area (Å²) in [5, 5.41) is 12.1. The quantitative estimate of drug-likeness (QED) is 0.399. The maximum Gasteiger partial charge on any atom is 0.407 e. The second-order valence-corrected chi connectivity index (χ2v) is 10.3. The van der Waals surface area contributed by atoms with E-state index in [1.54, 1.807) is 24.3 Å². The first-order chi connectivity index (χ1) is 16.8. The molecule has 1 aliphatic carbocycles. The van der Waals surface area contributed by atoms with Crippen molar-refractivity contribution in [1.82, 2.24) is 5.32 Å². The molecule has 8 nitrogen and oxygen atoms in total. The summed E-state index contributed by atoms with van der Waals surface area (Å²) in [4.78, 5) is 24.3. The van der Waals surface area contributed by atoms with Crippen molar-refractivity contribution in [3.05, 3.63) is 89.5 Å². The number of aliphatic carboxylic acids is 1. The Bertz CT molecular complexity index is 1230. The molecule has 182 valence electrons. The average molecular weight is 495 g/mol. The number of fused-ring (bicyclic) bond motifs is 3. The van der Waals surface area contributed by atoms with E-state index in [1.165, 1.54) is 13.8 Å². The Morgan fingerprint density at radius 2 is 1.54 bits per heavy atom. The van der Waals surface area contributed by atoms with Crippen molar-refractivity contribution >= 4 is 19.7 Å². The van der Waals surface area contributed by atoms with Gasteiger partial charge in [-0.3, -0.25) is 0 Å². The number of amides is 1. The van der Waals surface area contributed by atoms with Gasteiger partial charge in [0.1, 0.15) is 18.4 Å². The Balaban J connectivity index is 1.38. The summed E-state index contributed by atoms with van der Waals surface area (Å²) < 4.78 is 27.5. The van der Waals surface area contributed by atoms with Crippen molar-refractivity contribution in [2.45, 2.75) is 18.4 Å². The van der Waals surface area contributed by atoms with E-state index in [1.807, 2.05) is 48.5 Å². The number of carboxylic acids is 1. The Hall–Kier alpha value is -3.61. The fourth-order valence-corrected chi connectivity index (χ4v) is 4.71. The number of hydrogen-bond acceptors (Lipinski definition) is 6. The molecule has 0 heterocycles. The van der Waals surface area contributed by atoms with Crippen molar-refractivity contribution in [3.8, 4) is 16.9 Å². The maximum absolute atomic E-state index is 12.5. The van der Waals surface area contributed by atoms with Gasteiger partial charge in [0, 0.05) is 26.1 Å². The zero-order valence-electron chi connectivity index (χ0n) is 19.3. The van der Waals surface area contributed by atoms with Crippen molar-refractivity contribution in [2.75, 3.05) is 20.4 Å². The van der Waals surface area contributed by atoms with E-state index in [9.17, 15) is 19.3 Å². The number of nitrogens with one attached hydrogen (secondary N) is 1. The number of rotatable bonds is 9. The standard InChI is InChI=1S/C26H26NO7P/c1-32-35(2,31)34-18-13-11-17(12-14-18)15-24(25(28)29)27-26(30)33-16-23-21-9-5-3-7-19(21)20-8-4-6-10-22(20)23/h3-14,23-24H,15-16H2,1-2H3,(H,27,30)(H,28,29)/t24-,35?/m0/s1. The lowest BCUT2D eigenvalue weighted by atomic mass is 9.98. The van der Waals surface area contributed by atoms with Crippen molar-refractivity contribution in [3.63, 3.8) is 0 Å². The zero-order valence-corrected chi connectivity index (χ0v) is 20.2. The van der Waals surface area contributed by atoms with Gasteiger partial charge < -0.3 is 24.2 Å². The third kappa shape index (κ3) is 5.73. The van der Waals surface area contributed by atoms with Crippen molar-refractivity contribution < 1.29 is 33.0 Å². The van der Waals surface area contributed by atoms with Gasteiger partial charge in [-0.25, -0.2) is 14.2 Å². The largest absolute Gasteiger partial charge is 0.480 e. The molecule has 3 aromatic rings. The Kier molecular flexibility index (Phi) is 7.24. The van der Waals surface area contributed by atoms with Crippen LogP contribution in [0.25, 0.3) is 11.1 Å². The lowest BCUT2D eigenvalue weighted by molar-refractivity contribution is -0.139. The molecule has 1 aliphatic rings. The van der Waals surface area contributed by atoms with E-state index in [0.29, 0.717) is 11.3 Å². The molecule has 0 saturated heterocycles. The summed E-state index contributed by atoms with van der Waals surface area (Å²) in [5.41, 5.74) is 5.01. The summed E-state index contributed by atoms with van der Waals surface area (Å²) >= 11 is 0. The molecule has 9 heteroatoms. The van der Waals surface area contributed by atoms with Crippen LogP contribution in [0.5, 0.6) is 5.75 Å². The topological polar surface area (TPSA) is 111 Å². The molecule has 0 bridgehead atoms. The third-order valence-corrected chi connectivity index (χ3v) is 7.11. The molecule has 0 saturated carbocycles. The van der Waals surface area contributed by atoms with Crippen LogP contribution in [0.1, 0.15) is 22.6 Å². The second kappa shape index (κ2) is 10.3. The van der Waals surface area contributed by atoms with Crippen LogP contribution in [0, 0.1) is 0 Å². The van der Waals surface area contributed by atoms with E-state index < -0.39 is 25.7 Å². The molecule has 0 fully saturated rings. The number of hydrogen-bond donors (Lipinski definition) is 2. The van der Waals surface area contributed by atoms with Crippen LogP contribution in [0.15, 0.2) is 72.8 Å². The van der Waals surface area contributed by atoms with Crippen LogP contribution < -0.4 is 9.84 Å². The first kappa shape index (κ1) is 24.5. The van der Waals surface area contributed by atoms with Gasteiger partial charge in [0.05, 0.1) is 0 Å². The number of ether oxygens (including phenoxy) is 1.